The third-order valence-electron chi connectivity index (χ3n) is 3.42. The number of ketones is 1. The van der Waals surface area contributed by atoms with Crippen LogP contribution in [0.1, 0.15) is 41.7 Å². The topological polar surface area (TPSA) is 64.6 Å². The van der Waals surface area contributed by atoms with Crippen LogP contribution in [-0.2, 0) is 14.3 Å². The summed E-state index contributed by atoms with van der Waals surface area (Å²) in [6.07, 6.45) is 0.315. The van der Waals surface area contributed by atoms with Crippen molar-refractivity contribution in [1.29, 1.82) is 0 Å². The van der Waals surface area contributed by atoms with Crippen molar-refractivity contribution in [1.82, 2.24) is 5.32 Å². The SMILES string of the molecule is CCOC(=O)CCC(=O)c1ccc(C2COCCN2)cc1. The van der Waals surface area contributed by atoms with Gasteiger partial charge in [-0.25, -0.2) is 0 Å². The molecule has 1 fully saturated rings. The Morgan fingerprint density at radius 1 is 1.29 bits per heavy atom. The molecule has 0 aliphatic carbocycles. The molecule has 1 aliphatic heterocycles. The number of hydrogen-bond donors (Lipinski definition) is 1. The van der Waals surface area contributed by atoms with Gasteiger partial charge in [-0.15, -0.1) is 0 Å². The molecule has 1 N–H and O–H groups in total. The highest BCUT2D eigenvalue weighted by atomic mass is 16.5. The number of carbonyl (C=O) groups excluding carboxylic acids is 2. The minimum Gasteiger partial charge on any atom is -0.466 e. The second-order valence-electron chi connectivity index (χ2n) is 4.93. The van der Waals surface area contributed by atoms with Crippen molar-refractivity contribution in [2.45, 2.75) is 25.8 Å². The molecule has 0 amide bonds. The zero-order valence-corrected chi connectivity index (χ0v) is 12.3. The van der Waals surface area contributed by atoms with Crippen LogP contribution in [-0.4, -0.2) is 38.1 Å². The minimum atomic E-state index is -0.328. The van der Waals surface area contributed by atoms with Crippen LogP contribution >= 0.6 is 0 Å². The standard InChI is InChI=1S/C16H21NO4/c1-2-21-16(19)8-7-15(18)13-5-3-12(4-6-13)14-11-20-10-9-17-14/h3-6,14,17H,2,7-11H2,1H3. The number of rotatable bonds is 6. The Kier molecular flexibility index (Phi) is 5.90. The summed E-state index contributed by atoms with van der Waals surface area (Å²) in [7, 11) is 0. The van der Waals surface area contributed by atoms with Crippen LogP contribution < -0.4 is 5.32 Å². The molecule has 21 heavy (non-hydrogen) atoms. The summed E-state index contributed by atoms with van der Waals surface area (Å²) in [6, 6.07) is 7.66. The largest absolute Gasteiger partial charge is 0.466 e. The number of Topliss-reactive ketones (excluding diaryl/α,β-unsaturated/α-hetero) is 1. The molecule has 0 spiro atoms. The number of esters is 1. The lowest BCUT2D eigenvalue weighted by Gasteiger charge is -2.24. The number of morpholine rings is 1. The van der Waals surface area contributed by atoms with Crippen molar-refractivity contribution in [3.05, 3.63) is 35.4 Å². The van der Waals surface area contributed by atoms with Gasteiger partial charge < -0.3 is 14.8 Å². The molecular formula is C16H21NO4. The highest BCUT2D eigenvalue weighted by Crippen LogP contribution is 2.17. The van der Waals surface area contributed by atoms with Crippen LogP contribution in [0.5, 0.6) is 0 Å². The lowest BCUT2D eigenvalue weighted by Crippen LogP contribution is -2.34. The van der Waals surface area contributed by atoms with Crippen molar-refractivity contribution in [3.63, 3.8) is 0 Å². The summed E-state index contributed by atoms with van der Waals surface area (Å²) >= 11 is 0. The van der Waals surface area contributed by atoms with Crippen molar-refractivity contribution >= 4 is 11.8 Å². The maximum atomic E-state index is 12.0. The molecule has 0 bridgehead atoms. The molecule has 1 heterocycles. The second kappa shape index (κ2) is 7.90. The zero-order chi connectivity index (χ0) is 15.1. The van der Waals surface area contributed by atoms with Gasteiger partial charge >= 0.3 is 5.97 Å². The summed E-state index contributed by atoms with van der Waals surface area (Å²) in [5.74, 6) is -0.367. The lowest BCUT2D eigenvalue weighted by molar-refractivity contribution is -0.143. The first-order valence-electron chi connectivity index (χ1n) is 7.30. The van der Waals surface area contributed by atoms with E-state index in [4.69, 9.17) is 9.47 Å². The minimum absolute atomic E-state index is 0.0394. The van der Waals surface area contributed by atoms with Gasteiger partial charge in [0.2, 0.25) is 0 Å². The maximum Gasteiger partial charge on any atom is 0.306 e. The molecule has 1 unspecified atom stereocenters. The Bertz CT molecular complexity index is 478. The van der Waals surface area contributed by atoms with Crippen molar-refractivity contribution in [2.75, 3.05) is 26.4 Å². The van der Waals surface area contributed by atoms with Crippen LogP contribution in [0.3, 0.4) is 0 Å². The Balaban J connectivity index is 1.88. The average Bonchev–Trinajstić information content (AvgIpc) is 2.54. The fourth-order valence-corrected chi connectivity index (χ4v) is 2.27. The molecule has 0 aromatic heterocycles. The van der Waals surface area contributed by atoms with Gasteiger partial charge in [-0.2, -0.15) is 0 Å². The third kappa shape index (κ3) is 4.65. The monoisotopic (exact) mass is 291 g/mol. The van der Waals surface area contributed by atoms with Gasteiger partial charge in [0.05, 0.1) is 32.3 Å². The molecule has 5 nitrogen and oxygen atoms in total. The fraction of sp³-hybridized carbons (Fsp3) is 0.500. The highest BCUT2D eigenvalue weighted by molar-refractivity contribution is 5.97. The predicted octanol–water partition coefficient (Wildman–Crippen LogP) is 1.87. The van der Waals surface area contributed by atoms with Gasteiger partial charge in [0.25, 0.3) is 0 Å². The van der Waals surface area contributed by atoms with Crippen LogP contribution in [0, 0.1) is 0 Å². The first-order chi connectivity index (χ1) is 10.2. The third-order valence-corrected chi connectivity index (χ3v) is 3.42. The van der Waals surface area contributed by atoms with Crippen molar-refractivity contribution < 1.29 is 19.1 Å². The number of nitrogens with one attached hydrogen (secondary N) is 1. The van der Waals surface area contributed by atoms with E-state index in [-0.39, 0.29) is 30.6 Å². The molecule has 5 heteroatoms. The van der Waals surface area contributed by atoms with E-state index >= 15 is 0 Å². The van der Waals surface area contributed by atoms with Crippen molar-refractivity contribution in [2.24, 2.45) is 0 Å². The molecule has 2 rings (SSSR count). The molecular weight excluding hydrogens is 270 g/mol. The highest BCUT2D eigenvalue weighted by Gasteiger charge is 2.16. The Hall–Kier alpha value is -1.72. The van der Waals surface area contributed by atoms with Gasteiger partial charge in [0, 0.05) is 18.5 Å². The smallest absolute Gasteiger partial charge is 0.306 e. The van der Waals surface area contributed by atoms with Crippen LogP contribution in [0.4, 0.5) is 0 Å². The van der Waals surface area contributed by atoms with Gasteiger partial charge in [-0.3, -0.25) is 9.59 Å². The Morgan fingerprint density at radius 2 is 2.05 bits per heavy atom. The second-order valence-corrected chi connectivity index (χ2v) is 4.93. The predicted molar refractivity (Wildman–Crippen MR) is 78.2 cm³/mol. The zero-order valence-electron chi connectivity index (χ0n) is 12.3. The lowest BCUT2D eigenvalue weighted by atomic mass is 10.0. The summed E-state index contributed by atoms with van der Waals surface area (Å²) in [4.78, 5) is 23.2. The molecule has 0 saturated carbocycles. The number of benzene rings is 1. The molecule has 1 atom stereocenters. The number of carbonyl (C=O) groups is 2. The molecule has 1 aliphatic rings. The first-order valence-corrected chi connectivity index (χ1v) is 7.30. The van der Waals surface area contributed by atoms with E-state index in [1.54, 1.807) is 19.1 Å². The van der Waals surface area contributed by atoms with E-state index < -0.39 is 0 Å². The Labute approximate surface area is 124 Å². The summed E-state index contributed by atoms with van der Waals surface area (Å²) < 4.78 is 10.2. The molecule has 0 radical (unpaired) electrons. The number of hydrogen-bond acceptors (Lipinski definition) is 5. The molecule has 1 aromatic rings. The van der Waals surface area contributed by atoms with Crippen LogP contribution in [0.25, 0.3) is 0 Å². The van der Waals surface area contributed by atoms with E-state index in [1.807, 2.05) is 12.1 Å². The van der Waals surface area contributed by atoms with Crippen molar-refractivity contribution in [3.8, 4) is 0 Å². The maximum absolute atomic E-state index is 12.0. The van der Waals surface area contributed by atoms with Crippen LogP contribution in [0.2, 0.25) is 0 Å². The first kappa shape index (κ1) is 15.7. The quantitative estimate of drug-likeness (QED) is 0.640. The molecule has 1 aromatic carbocycles. The van der Waals surface area contributed by atoms with Crippen LogP contribution in [0.15, 0.2) is 24.3 Å². The van der Waals surface area contributed by atoms with Gasteiger partial charge in [0.15, 0.2) is 5.78 Å². The summed E-state index contributed by atoms with van der Waals surface area (Å²) in [5.41, 5.74) is 1.73. The summed E-state index contributed by atoms with van der Waals surface area (Å²) in [5, 5.41) is 3.37. The van der Waals surface area contributed by atoms with E-state index in [9.17, 15) is 9.59 Å². The number of ether oxygens (including phenoxy) is 2. The van der Waals surface area contributed by atoms with E-state index in [2.05, 4.69) is 5.32 Å². The van der Waals surface area contributed by atoms with Gasteiger partial charge in [0.1, 0.15) is 0 Å². The summed E-state index contributed by atoms with van der Waals surface area (Å²) in [6.45, 7) is 4.32. The Morgan fingerprint density at radius 3 is 2.67 bits per heavy atom. The molecule has 114 valence electrons. The van der Waals surface area contributed by atoms with E-state index in [1.165, 1.54) is 0 Å². The normalized spacial score (nSPS) is 18.2. The van der Waals surface area contributed by atoms with Gasteiger partial charge in [-0.1, -0.05) is 24.3 Å². The average molecular weight is 291 g/mol. The van der Waals surface area contributed by atoms with E-state index in [0.29, 0.717) is 18.8 Å². The molecule has 1 saturated heterocycles. The van der Waals surface area contributed by atoms with E-state index in [0.717, 1.165) is 18.7 Å². The fourth-order valence-electron chi connectivity index (χ4n) is 2.27. The van der Waals surface area contributed by atoms with Gasteiger partial charge in [-0.05, 0) is 12.5 Å².